The predicted octanol–water partition coefficient (Wildman–Crippen LogP) is 1.34. The molecule has 1 aromatic rings. The van der Waals surface area contributed by atoms with Crippen molar-refractivity contribution in [3.63, 3.8) is 0 Å². The summed E-state index contributed by atoms with van der Waals surface area (Å²) in [7, 11) is -2.11. The van der Waals surface area contributed by atoms with Gasteiger partial charge in [-0.15, -0.1) is 0 Å². The van der Waals surface area contributed by atoms with Crippen molar-refractivity contribution >= 4 is 15.9 Å². The SMILES string of the molecule is COc1ccc(S(=O)(=O)N2CCCCC2)cc1C(=O)N1CCOCC1. The van der Waals surface area contributed by atoms with Crippen molar-refractivity contribution in [3.8, 4) is 5.75 Å². The van der Waals surface area contributed by atoms with Gasteiger partial charge in [0.2, 0.25) is 10.0 Å². The molecule has 0 aromatic heterocycles. The number of ether oxygens (including phenoxy) is 2. The van der Waals surface area contributed by atoms with Crippen LogP contribution in [0.2, 0.25) is 0 Å². The summed E-state index contributed by atoms with van der Waals surface area (Å²) in [5.74, 6) is 0.157. The molecule has 1 aromatic carbocycles. The number of hydrogen-bond donors (Lipinski definition) is 0. The second-order valence-corrected chi connectivity index (χ2v) is 8.17. The number of morpholine rings is 1. The zero-order valence-corrected chi connectivity index (χ0v) is 15.3. The molecule has 2 heterocycles. The molecule has 25 heavy (non-hydrogen) atoms. The Morgan fingerprint density at radius 2 is 1.76 bits per heavy atom. The van der Waals surface area contributed by atoms with Gasteiger partial charge in [0.15, 0.2) is 0 Å². The van der Waals surface area contributed by atoms with E-state index in [1.165, 1.54) is 23.5 Å². The van der Waals surface area contributed by atoms with Crippen LogP contribution in [-0.4, -0.2) is 70.0 Å². The van der Waals surface area contributed by atoms with E-state index in [9.17, 15) is 13.2 Å². The van der Waals surface area contributed by atoms with Gasteiger partial charge in [-0.25, -0.2) is 8.42 Å². The summed E-state index contributed by atoms with van der Waals surface area (Å²) in [5.41, 5.74) is 0.280. The van der Waals surface area contributed by atoms with Crippen LogP contribution in [0.5, 0.6) is 5.75 Å². The van der Waals surface area contributed by atoms with Crippen molar-refractivity contribution in [1.29, 1.82) is 0 Å². The normalized spacial score (nSPS) is 19.6. The van der Waals surface area contributed by atoms with E-state index < -0.39 is 10.0 Å². The maximum atomic E-state index is 12.9. The number of carbonyl (C=O) groups excluding carboxylic acids is 1. The molecule has 1 amide bonds. The van der Waals surface area contributed by atoms with Crippen LogP contribution >= 0.6 is 0 Å². The van der Waals surface area contributed by atoms with Crippen LogP contribution < -0.4 is 4.74 Å². The van der Waals surface area contributed by atoms with E-state index in [-0.39, 0.29) is 16.4 Å². The van der Waals surface area contributed by atoms with E-state index >= 15 is 0 Å². The lowest BCUT2D eigenvalue weighted by molar-refractivity contribution is 0.0300. The molecule has 0 aliphatic carbocycles. The number of benzene rings is 1. The van der Waals surface area contributed by atoms with Crippen LogP contribution in [0, 0.1) is 0 Å². The van der Waals surface area contributed by atoms with Gasteiger partial charge in [-0.3, -0.25) is 4.79 Å². The molecule has 2 fully saturated rings. The van der Waals surface area contributed by atoms with Gasteiger partial charge in [0.1, 0.15) is 5.75 Å². The Morgan fingerprint density at radius 1 is 1.08 bits per heavy atom. The molecule has 2 saturated heterocycles. The molecule has 2 aliphatic rings. The Kier molecular flexibility index (Phi) is 5.61. The molecule has 138 valence electrons. The maximum Gasteiger partial charge on any atom is 0.257 e. The van der Waals surface area contributed by atoms with E-state index in [4.69, 9.17) is 9.47 Å². The van der Waals surface area contributed by atoms with Gasteiger partial charge in [-0.1, -0.05) is 6.42 Å². The summed E-state index contributed by atoms with van der Waals surface area (Å²) in [6.45, 7) is 3.01. The minimum absolute atomic E-state index is 0.145. The Bertz CT molecular complexity index is 723. The fourth-order valence-corrected chi connectivity index (χ4v) is 4.75. The molecule has 0 radical (unpaired) electrons. The van der Waals surface area contributed by atoms with Crippen LogP contribution in [0.3, 0.4) is 0 Å². The third kappa shape index (κ3) is 3.80. The molecule has 7 nitrogen and oxygen atoms in total. The van der Waals surface area contributed by atoms with Crippen molar-refractivity contribution in [1.82, 2.24) is 9.21 Å². The molecule has 3 rings (SSSR count). The zero-order valence-electron chi connectivity index (χ0n) is 14.4. The average Bonchev–Trinajstić information content (AvgIpc) is 2.68. The molecule has 2 aliphatic heterocycles. The van der Waals surface area contributed by atoms with Crippen molar-refractivity contribution in [2.24, 2.45) is 0 Å². The fourth-order valence-electron chi connectivity index (χ4n) is 3.21. The Balaban J connectivity index is 1.92. The summed E-state index contributed by atoms with van der Waals surface area (Å²) in [5, 5.41) is 0. The number of hydrogen-bond acceptors (Lipinski definition) is 5. The van der Waals surface area contributed by atoms with E-state index in [1.807, 2.05) is 0 Å². The molecule has 8 heteroatoms. The highest BCUT2D eigenvalue weighted by atomic mass is 32.2. The zero-order chi connectivity index (χ0) is 17.9. The third-order valence-electron chi connectivity index (χ3n) is 4.65. The molecule has 0 N–H and O–H groups in total. The van der Waals surface area contributed by atoms with Crippen LogP contribution in [-0.2, 0) is 14.8 Å². The summed E-state index contributed by atoms with van der Waals surface area (Å²) in [6.07, 6.45) is 2.79. The smallest absolute Gasteiger partial charge is 0.257 e. The van der Waals surface area contributed by atoms with E-state index in [2.05, 4.69) is 0 Å². The third-order valence-corrected chi connectivity index (χ3v) is 6.55. The molecule has 0 spiro atoms. The summed E-state index contributed by atoms with van der Waals surface area (Å²) < 4.78 is 37.8. The number of nitrogens with zero attached hydrogens (tertiary/aromatic N) is 2. The highest BCUT2D eigenvalue weighted by Gasteiger charge is 2.29. The largest absolute Gasteiger partial charge is 0.496 e. The summed E-state index contributed by atoms with van der Waals surface area (Å²) in [6, 6.07) is 4.52. The minimum atomic E-state index is -3.59. The Labute approximate surface area is 148 Å². The Hall–Kier alpha value is -1.64. The number of methoxy groups -OCH3 is 1. The first kappa shape index (κ1) is 18.2. The number of rotatable bonds is 4. The lowest BCUT2D eigenvalue weighted by Gasteiger charge is -2.28. The van der Waals surface area contributed by atoms with Gasteiger partial charge in [-0.05, 0) is 31.0 Å². The fraction of sp³-hybridized carbons (Fsp3) is 0.588. The quantitative estimate of drug-likeness (QED) is 0.802. The average molecular weight is 368 g/mol. The van der Waals surface area contributed by atoms with Crippen molar-refractivity contribution in [3.05, 3.63) is 23.8 Å². The number of piperidine rings is 1. The van der Waals surface area contributed by atoms with Crippen molar-refractivity contribution in [2.75, 3.05) is 46.5 Å². The van der Waals surface area contributed by atoms with E-state index in [1.54, 1.807) is 11.0 Å². The number of carbonyl (C=O) groups is 1. The van der Waals surface area contributed by atoms with Gasteiger partial charge in [0.25, 0.3) is 5.91 Å². The van der Waals surface area contributed by atoms with Crippen LogP contribution in [0.25, 0.3) is 0 Å². The number of sulfonamides is 1. The first-order valence-corrected chi connectivity index (χ1v) is 10.0. The van der Waals surface area contributed by atoms with Crippen LogP contribution in [0.4, 0.5) is 0 Å². The highest BCUT2D eigenvalue weighted by molar-refractivity contribution is 7.89. The second-order valence-electron chi connectivity index (χ2n) is 6.23. The first-order chi connectivity index (χ1) is 12.0. The lowest BCUT2D eigenvalue weighted by Crippen LogP contribution is -2.41. The molecule has 0 atom stereocenters. The first-order valence-electron chi connectivity index (χ1n) is 8.59. The Morgan fingerprint density at radius 3 is 2.40 bits per heavy atom. The maximum absolute atomic E-state index is 12.9. The van der Waals surface area contributed by atoms with Gasteiger partial charge in [0, 0.05) is 26.2 Å². The molecule has 0 saturated carbocycles. The van der Waals surface area contributed by atoms with Crippen molar-refractivity contribution in [2.45, 2.75) is 24.2 Å². The number of amides is 1. The van der Waals surface area contributed by atoms with E-state index in [0.29, 0.717) is 45.1 Å². The molecular formula is C17H24N2O5S. The van der Waals surface area contributed by atoms with Gasteiger partial charge in [0.05, 0.1) is 30.8 Å². The topological polar surface area (TPSA) is 76.2 Å². The highest BCUT2D eigenvalue weighted by Crippen LogP contribution is 2.27. The lowest BCUT2D eigenvalue weighted by atomic mass is 10.1. The summed E-state index contributed by atoms with van der Waals surface area (Å²) >= 11 is 0. The monoisotopic (exact) mass is 368 g/mol. The van der Waals surface area contributed by atoms with Crippen molar-refractivity contribution < 1.29 is 22.7 Å². The second kappa shape index (κ2) is 7.72. The summed E-state index contributed by atoms with van der Waals surface area (Å²) in [4.78, 5) is 14.6. The molecular weight excluding hydrogens is 344 g/mol. The molecule has 0 bridgehead atoms. The van der Waals surface area contributed by atoms with Gasteiger partial charge < -0.3 is 14.4 Å². The molecule has 0 unspecified atom stereocenters. The van der Waals surface area contributed by atoms with Crippen LogP contribution in [0.15, 0.2) is 23.1 Å². The minimum Gasteiger partial charge on any atom is -0.496 e. The van der Waals surface area contributed by atoms with E-state index in [0.717, 1.165) is 19.3 Å². The van der Waals surface area contributed by atoms with Crippen LogP contribution in [0.1, 0.15) is 29.6 Å². The predicted molar refractivity (Wildman–Crippen MR) is 92.3 cm³/mol. The standard InChI is InChI=1S/C17H24N2O5S/c1-23-16-6-5-14(25(21,22)19-7-3-2-4-8-19)13-15(16)17(20)18-9-11-24-12-10-18/h5-6,13H,2-4,7-12H2,1H3. The van der Waals surface area contributed by atoms with Gasteiger partial charge >= 0.3 is 0 Å². The van der Waals surface area contributed by atoms with Gasteiger partial charge in [-0.2, -0.15) is 4.31 Å².